The Balaban J connectivity index is 2.87. The first-order valence-corrected chi connectivity index (χ1v) is 4.06. The topological polar surface area (TPSA) is 25.8 Å². The lowest BCUT2D eigenvalue weighted by molar-refractivity contribution is 0.628. The van der Waals surface area contributed by atoms with E-state index in [1.54, 1.807) is 6.20 Å². The molecule has 0 bridgehead atoms. The smallest absolute Gasteiger partial charge is 0.125 e. The fourth-order valence-electron chi connectivity index (χ4n) is 1.37. The number of aryl methyl sites for hydroxylation is 2. The summed E-state index contributed by atoms with van der Waals surface area (Å²) in [7, 11) is 0. The van der Waals surface area contributed by atoms with Gasteiger partial charge in [-0.2, -0.15) is 0 Å². The molecule has 0 fully saturated rings. The van der Waals surface area contributed by atoms with Crippen LogP contribution in [0.2, 0.25) is 0 Å². The molecular formula is C10H9FN2. The van der Waals surface area contributed by atoms with Crippen LogP contribution in [0.15, 0.2) is 18.3 Å². The van der Waals surface area contributed by atoms with E-state index >= 15 is 0 Å². The molecule has 0 saturated carbocycles. The molecule has 0 unspecified atom stereocenters. The van der Waals surface area contributed by atoms with Gasteiger partial charge in [0.05, 0.1) is 5.52 Å². The van der Waals surface area contributed by atoms with Crippen molar-refractivity contribution in [1.29, 1.82) is 0 Å². The lowest BCUT2D eigenvalue weighted by atomic mass is 10.1. The molecule has 0 aliphatic carbocycles. The van der Waals surface area contributed by atoms with Crippen LogP contribution in [0.1, 0.15) is 11.4 Å². The summed E-state index contributed by atoms with van der Waals surface area (Å²) in [5, 5.41) is 0.753. The highest BCUT2D eigenvalue weighted by molar-refractivity contribution is 5.80. The van der Waals surface area contributed by atoms with Gasteiger partial charge < -0.3 is 0 Å². The van der Waals surface area contributed by atoms with E-state index < -0.39 is 0 Å². The van der Waals surface area contributed by atoms with Crippen LogP contribution in [-0.2, 0) is 0 Å². The molecule has 0 atom stereocenters. The Labute approximate surface area is 75.4 Å². The summed E-state index contributed by atoms with van der Waals surface area (Å²) in [6, 6.07) is 2.93. The highest BCUT2D eigenvalue weighted by atomic mass is 19.1. The average molecular weight is 176 g/mol. The molecule has 1 aromatic heterocycles. The summed E-state index contributed by atoms with van der Waals surface area (Å²) in [4.78, 5) is 8.25. The maximum absolute atomic E-state index is 12.9. The number of halogens is 1. The van der Waals surface area contributed by atoms with Crippen LogP contribution in [-0.4, -0.2) is 9.97 Å². The number of nitrogens with zero attached hydrogens (tertiary/aromatic N) is 2. The van der Waals surface area contributed by atoms with Gasteiger partial charge in [0.25, 0.3) is 0 Å². The second-order valence-electron chi connectivity index (χ2n) is 3.08. The Hall–Kier alpha value is -1.51. The predicted octanol–water partition coefficient (Wildman–Crippen LogP) is 2.39. The average Bonchev–Trinajstić information content (AvgIpc) is 2.06. The van der Waals surface area contributed by atoms with Crippen LogP contribution in [0, 0.1) is 19.7 Å². The van der Waals surface area contributed by atoms with E-state index in [4.69, 9.17) is 0 Å². The van der Waals surface area contributed by atoms with Crippen LogP contribution in [0.25, 0.3) is 10.9 Å². The van der Waals surface area contributed by atoms with Crippen molar-refractivity contribution in [3.8, 4) is 0 Å². The van der Waals surface area contributed by atoms with Crippen molar-refractivity contribution in [2.75, 3.05) is 0 Å². The van der Waals surface area contributed by atoms with E-state index in [0.29, 0.717) is 5.82 Å². The van der Waals surface area contributed by atoms with Crippen LogP contribution in [0.4, 0.5) is 4.39 Å². The standard InChI is InChI=1S/C10H9FN2/c1-6-3-9(11)4-8-5-12-7(2)13-10(6)8/h3-5H,1-2H3. The third-order valence-corrected chi connectivity index (χ3v) is 1.96. The maximum Gasteiger partial charge on any atom is 0.125 e. The van der Waals surface area contributed by atoms with E-state index in [1.807, 2.05) is 13.8 Å². The zero-order valence-corrected chi connectivity index (χ0v) is 7.50. The SMILES string of the molecule is Cc1ncc2cc(F)cc(C)c2n1. The van der Waals surface area contributed by atoms with Gasteiger partial charge in [-0.15, -0.1) is 0 Å². The van der Waals surface area contributed by atoms with Crippen molar-refractivity contribution in [2.24, 2.45) is 0 Å². The van der Waals surface area contributed by atoms with Gasteiger partial charge >= 0.3 is 0 Å². The first-order chi connectivity index (χ1) is 6.16. The van der Waals surface area contributed by atoms with Gasteiger partial charge in [0, 0.05) is 11.6 Å². The Bertz CT molecular complexity index is 466. The molecule has 0 radical (unpaired) electrons. The molecule has 0 spiro atoms. The van der Waals surface area contributed by atoms with E-state index in [9.17, 15) is 4.39 Å². The van der Waals surface area contributed by atoms with Gasteiger partial charge in [-0.1, -0.05) is 0 Å². The molecule has 3 heteroatoms. The second kappa shape index (κ2) is 2.76. The number of hydrogen-bond acceptors (Lipinski definition) is 2. The van der Waals surface area contributed by atoms with Gasteiger partial charge in [0.1, 0.15) is 11.6 Å². The van der Waals surface area contributed by atoms with Crippen molar-refractivity contribution in [3.63, 3.8) is 0 Å². The molecule has 2 aromatic rings. The highest BCUT2D eigenvalue weighted by Gasteiger charge is 2.02. The van der Waals surface area contributed by atoms with Crippen LogP contribution in [0.3, 0.4) is 0 Å². The van der Waals surface area contributed by atoms with Crippen molar-refractivity contribution in [3.05, 3.63) is 35.5 Å². The minimum atomic E-state index is -0.238. The Morgan fingerprint density at radius 1 is 1.23 bits per heavy atom. The summed E-state index contributed by atoms with van der Waals surface area (Å²) in [5.41, 5.74) is 1.68. The van der Waals surface area contributed by atoms with E-state index in [-0.39, 0.29) is 5.82 Å². The lowest BCUT2D eigenvalue weighted by Gasteiger charge is -2.01. The Kier molecular flexibility index (Phi) is 1.72. The molecule has 66 valence electrons. The summed E-state index contributed by atoms with van der Waals surface area (Å²) >= 11 is 0. The molecule has 0 amide bonds. The van der Waals surface area contributed by atoms with Gasteiger partial charge in [-0.3, -0.25) is 0 Å². The number of hydrogen-bond donors (Lipinski definition) is 0. The molecule has 0 aliphatic heterocycles. The zero-order chi connectivity index (χ0) is 9.42. The summed E-state index contributed by atoms with van der Waals surface area (Å²) in [5.74, 6) is 0.472. The molecule has 13 heavy (non-hydrogen) atoms. The van der Waals surface area contributed by atoms with Crippen LogP contribution in [0.5, 0.6) is 0 Å². The minimum absolute atomic E-state index is 0.238. The molecule has 1 heterocycles. The lowest BCUT2D eigenvalue weighted by Crippen LogP contribution is -1.91. The Morgan fingerprint density at radius 2 is 2.00 bits per heavy atom. The van der Waals surface area contributed by atoms with E-state index in [0.717, 1.165) is 16.5 Å². The third kappa shape index (κ3) is 1.37. The van der Waals surface area contributed by atoms with Crippen molar-refractivity contribution < 1.29 is 4.39 Å². The number of fused-ring (bicyclic) bond motifs is 1. The summed E-state index contributed by atoms with van der Waals surface area (Å²) in [6.07, 6.45) is 1.65. The fourth-order valence-corrected chi connectivity index (χ4v) is 1.37. The quantitative estimate of drug-likeness (QED) is 0.616. The number of rotatable bonds is 0. The van der Waals surface area contributed by atoms with Gasteiger partial charge in [-0.25, -0.2) is 14.4 Å². The minimum Gasteiger partial charge on any atom is -0.241 e. The maximum atomic E-state index is 12.9. The molecule has 0 N–H and O–H groups in total. The fraction of sp³-hybridized carbons (Fsp3) is 0.200. The van der Waals surface area contributed by atoms with Gasteiger partial charge in [0.15, 0.2) is 0 Å². The zero-order valence-electron chi connectivity index (χ0n) is 7.50. The molecule has 2 nitrogen and oxygen atoms in total. The van der Waals surface area contributed by atoms with Crippen LogP contribution >= 0.6 is 0 Å². The molecule has 0 saturated heterocycles. The molecule has 0 aliphatic rings. The summed E-state index contributed by atoms with van der Waals surface area (Å²) < 4.78 is 12.9. The van der Waals surface area contributed by atoms with Crippen molar-refractivity contribution in [2.45, 2.75) is 13.8 Å². The normalized spacial score (nSPS) is 10.7. The first kappa shape index (κ1) is 8.10. The summed E-state index contributed by atoms with van der Waals surface area (Å²) in [6.45, 7) is 3.67. The van der Waals surface area contributed by atoms with Crippen molar-refractivity contribution >= 4 is 10.9 Å². The largest absolute Gasteiger partial charge is 0.241 e. The number of benzene rings is 1. The van der Waals surface area contributed by atoms with Crippen LogP contribution < -0.4 is 0 Å². The first-order valence-electron chi connectivity index (χ1n) is 4.06. The Morgan fingerprint density at radius 3 is 2.77 bits per heavy atom. The van der Waals surface area contributed by atoms with Gasteiger partial charge in [-0.05, 0) is 31.5 Å². The third-order valence-electron chi connectivity index (χ3n) is 1.96. The van der Waals surface area contributed by atoms with Crippen molar-refractivity contribution in [1.82, 2.24) is 9.97 Å². The predicted molar refractivity (Wildman–Crippen MR) is 49.0 cm³/mol. The van der Waals surface area contributed by atoms with Gasteiger partial charge in [0.2, 0.25) is 0 Å². The molecule has 2 rings (SSSR count). The highest BCUT2D eigenvalue weighted by Crippen LogP contribution is 2.16. The van der Waals surface area contributed by atoms with E-state index in [1.165, 1.54) is 12.1 Å². The number of aromatic nitrogens is 2. The molecule has 1 aromatic carbocycles. The van der Waals surface area contributed by atoms with E-state index in [2.05, 4.69) is 9.97 Å². The molecular weight excluding hydrogens is 167 g/mol. The monoisotopic (exact) mass is 176 g/mol. The second-order valence-corrected chi connectivity index (χ2v) is 3.08.